The molecule has 4 aromatic carbocycles. The normalized spacial score (nSPS) is 22.9. The maximum Gasteiger partial charge on any atom is 0.315 e. The zero-order valence-electron chi connectivity index (χ0n) is 19.9. The highest BCUT2D eigenvalue weighted by Crippen LogP contribution is 2.61. The average molecular weight is 486 g/mol. The fourth-order valence-electron chi connectivity index (χ4n) is 6.56. The second-order valence-electron chi connectivity index (χ2n) is 9.88. The Morgan fingerprint density at radius 1 is 0.622 bits per heavy atom. The standard InChI is InChI=1S/C32H23NO4/c34-26(18-19-10-2-1-3-11-19)37-25-17-9-8-16-24(25)33-31(35)29-27-20-12-4-5-13-21(20)28(30(29)32(33)36)23-15-7-6-14-22(23)27/h1-17,27-30H,18H2. The van der Waals surface area contributed by atoms with Crippen molar-refractivity contribution in [1.29, 1.82) is 0 Å². The van der Waals surface area contributed by atoms with Crippen molar-refractivity contribution in [2.45, 2.75) is 18.3 Å². The number of hydrogen-bond acceptors (Lipinski definition) is 4. The van der Waals surface area contributed by atoms with E-state index in [1.807, 2.05) is 54.6 Å². The summed E-state index contributed by atoms with van der Waals surface area (Å²) in [6.45, 7) is 0. The van der Waals surface area contributed by atoms with Crippen molar-refractivity contribution >= 4 is 23.5 Å². The summed E-state index contributed by atoms with van der Waals surface area (Å²) in [7, 11) is 0. The van der Waals surface area contributed by atoms with E-state index in [0.29, 0.717) is 5.69 Å². The lowest BCUT2D eigenvalue weighted by Crippen LogP contribution is -2.41. The monoisotopic (exact) mass is 485 g/mol. The molecule has 180 valence electrons. The third-order valence-corrected chi connectivity index (χ3v) is 7.97. The molecule has 0 radical (unpaired) electrons. The van der Waals surface area contributed by atoms with Crippen LogP contribution in [0.2, 0.25) is 0 Å². The van der Waals surface area contributed by atoms with Gasteiger partial charge in [0.25, 0.3) is 0 Å². The van der Waals surface area contributed by atoms with Crippen LogP contribution < -0.4 is 9.64 Å². The molecule has 3 aliphatic carbocycles. The fraction of sp³-hybridized carbons (Fsp3) is 0.156. The van der Waals surface area contributed by atoms with Gasteiger partial charge in [0.1, 0.15) is 0 Å². The van der Waals surface area contributed by atoms with Crippen LogP contribution in [-0.2, 0) is 20.8 Å². The number of amides is 2. The summed E-state index contributed by atoms with van der Waals surface area (Å²) in [6, 6.07) is 32.5. The SMILES string of the molecule is O=C(Cc1ccccc1)Oc1ccccc1N1C(=O)C2C3c4ccccc4C(c4ccccc43)C2C1=O. The predicted octanol–water partition coefficient (Wildman–Crippen LogP) is 5.23. The minimum atomic E-state index is -0.490. The number of hydrogen-bond donors (Lipinski definition) is 0. The molecule has 5 heteroatoms. The molecule has 2 atom stereocenters. The maximum absolute atomic E-state index is 14.1. The second-order valence-corrected chi connectivity index (χ2v) is 9.88. The first-order chi connectivity index (χ1) is 18.1. The number of imide groups is 1. The number of para-hydroxylation sites is 2. The first kappa shape index (κ1) is 21.7. The highest BCUT2D eigenvalue weighted by molar-refractivity contribution is 6.24. The van der Waals surface area contributed by atoms with E-state index >= 15 is 0 Å². The number of carbonyl (C=O) groups is 3. The van der Waals surface area contributed by atoms with Crippen molar-refractivity contribution in [3.8, 4) is 5.75 Å². The van der Waals surface area contributed by atoms with Crippen molar-refractivity contribution in [2.75, 3.05) is 4.90 Å². The van der Waals surface area contributed by atoms with Gasteiger partial charge in [0, 0.05) is 11.8 Å². The Hall–Kier alpha value is -4.51. The molecule has 0 saturated carbocycles. The van der Waals surface area contributed by atoms with Crippen LogP contribution in [0.25, 0.3) is 0 Å². The van der Waals surface area contributed by atoms with Gasteiger partial charge in [-0.05, 0) is 39.9 Å². The van der Waals surface area contributed by atoms with Gasteiger partial charge in [0.2, 0.25) is 11.8 Å². The van der Waals surface area contributed by atoms with Crippen LogP contribution >= 0.6 is 0 Å². The number of anilines is 1. The third-order valence-electron chi connectivity index (χ3n) is 7.97. The summed E-state index contributed by atoms with van der Waals surface area (Å²) < 4.78 is 5.72. The van der Waals surface area contributed by atoms with Crippen LogP contribution in [0.3, 0.4) is 0 Å². The van der Waals surface area contributed by atoms with E-state index in [1.54, 1.807) is 24.3 Å². The van der Waals surface area contributed by atoms with Gasteiger partial charge in [-0.25, -0.2) is 4.90 Å². The topological polar surface area (TPSA) is 63.7 Å². The summed E-state index contributed by atoms with van der Waals surface area (Å²) in [5.74, 6) is -2.05. The maximum atomic E-state index is 14.1. The van der Waals surface area contributed by atoms with Gasteiger partial charge in [0.15, 0.2) is 5.75 Å². The number of ether oxygens (including phenoxy) is 1. The van der Waals surface area contributed by atoms with Crippen LogP contribution in [0, 0.1) is 11.8 Å². The van der Waals surface area contributed by atoms with Crippen molar-refractivity contribution in [1.82, 2.24) is 0 Å². The van der Waals surface area contributed by atoms with Gasteiger partial charge in [-0.15, -0.1) is 0 Å². The number of rotatable bonds is 4. The Bertz CT molecular complexity index is 1460. The van der Waals surface area contributed by atoms with E-state index in [2.05, 4.69) is 24.3 Å². The highest BCUT2D eigenvalue weighted by Gasteiger charge is 2.62. The molecule has 1 saturated heterocycles. The molecule has 1 fully saturated rings. The quantitative estimate of drug-likeness (QED) is 0.226. The van der Waals surface area contributed by atoms with E-state index < -0.39 is 17.8 Å². The molecular formula is C32H23NO4. The number of benzene rings is 4. The lowest BCUT2D eigenvalue weighted by atomic mass is 9.55. The average Bonchev–Trinajstić information content (AvgIpc) is 3.19. The largest absolute Gasteiger partial charge is 0.424 e. The van der Waals surface area contributed by atoms with E-state index in [-0.39, 0.29) is 35.8 Å². The summed E-state index contributed by atoms with van der Waals surface area (Å²) in [5, 5.41) is 0. The van der Waals surface area contributed by atoms with Crippen molar-refractivity contribution in [2.24, 2.45) is 11.8 Å². The van der Waals surface area contributed by atoms with Crippen LogP contribution in [0.5, 0.6) is 5.75 Å². The minimum Gasteiger partial charge on any atom is -0.424 e. The molecule has 37 heavy (non-hydrogen) atoms. The molecule has 0 spiro atoms. The van der Waals surface area contributed by atoms with Gasteiger partial charge >= 0.3 is 5.97 Å². The fourth-order valence-corrected chi connectivity index (χ4v) is 6.56. The highest BCUT2D eigenvalue weighted by atomic mass is 16.5. The number of carbonyl (C=O) groups excluding carboxylic acids is 3. The molecule has 2 amide bonds. The molecule has 4 aliphatic rings. The summed E-state index contributed by atoms with van der Waals surface area (Å²) >= 11 is 0. The Labute approximate surface area is 214 Å². The third kappa shape index (κ3) is 3.20. The van der Waals surface area contributed by atoms with E-state index in [0.717, 1.165) is 27.8 Å². The molecule has 0 aromatic heterocycles. The Balaban J connectivity index is 1.27. The van der Waals surface area contributed by atoms with E-state index in [1.165, 1.54) is 4.90 Å². The van der Waals surface area contributed by atoms with Crippen molar-refractivity contribution in [3.05, 3.63) is 131 Å². The molecule has 2 unspecified atom stereocenters. The first-order valence-electron chi connectivity index (χ1n) is 12.5. The summed E-state index contributed by atoms with van der Waals surface area (Å²) in [6.07, 6.45) is 0.0943. The van der Waals surface area contributed by atoms with E-state index in [9.17, 15) is 14.4 Å². The molecule has 1 aliphatic heterocycles. The minimum absolute atomic E-state index is 0.0943. The van der Waals surface area contributed by atoms with E-state index in [4.69, 9.17) is 4.74 Å². The van der Waals surface area contributed by atoms with Crippen LogP contribution in [0.4, 0.5) is 5.69 Å². The van der Waals surface area contributed by atoms with Crippen molar-refractivity contribution in [3.63, 3.8) is 0 Å². The summed E-state index contributed by atoms with van der Waals surface area (Å²) in [4.78, 5) is 42.1. The molecule has 4 aromatic rings. The second kappa shape index (κ2) is 8.27. The zero-order chi connectivity index (χ0) is 25.1. The lowest BCUT2D eigenvalue weighted by Gasteiger charge is -2.45. The molecule has 5 nitrogen and oxygen atoms in total. The Kier molecular flexibility index (Phi) is 4.86. The van der Waals surface area contributed by atoms with Crippen LogP contribution in [-0.4, -0.2) is 17.8 Å². The molecule has 8 rings (SSSR count). The van der Waals surface area contributed by atoms with Crippen LogP contribution in [0.15, 0.2) is 103 Å². The zero-order valence-corrected chi connectivity index (χ0v) is 19.9. The van der Waals surface area contributed by atoms with Gasteiger partial charge < -0.3 is 4.74 Å². The number of nitrogens with zero attached hydrogens (tertiary/aromatic N) is 1. The molecule has 0 N–H and O–H groups in total. The Morgan fingerprint density at radius 3 is 1.62 bits per heavy atom. The van der Waals surface area contributed by atoms with Crippen molar-refractivity contribution < 1.29 is 19.1 Å². The van der Waals surface area contributed by atoms with Gasteiger partial charge in [-0.2, -0.15) is 0 Å². The molecule has 1 heterocycles. The molecular weight excluding hydrogens is 462 g/mol. The predicted molar refractivity (Wildman–Crippen MR) is 138 cm³/mol. The first-order valence-corrected chi connectivity index (χ1v) is 12.5. The van der Waals surface area contributed by atoms with Crippen LogP contribution in [0.1, 0.15) is 39.7 Å². The molecule has 2 bridgehead atoms. The Morgan fingerprint density at radius 2 is 1.08 bits per heavy atom. The smallest absolute Gasteiger partial charge is 0.315 e. The van der Waals surface area contributed by atoms with Gasteiger partial charge in [-0.1, -0.05) is 91.0 Å². The number of esters is 1. The van der Waals surface area contributed by atoms with Gasteiger partial charge in [0.05, 0.1) is 23.9 Å². The lowest BCUT2D eigenvalue weighted by molar-refractivity contribution is -0.134. The summed E-state index contributed by atoms with van der Waals surface area (Å²) in [5.41, 5.74) is 5.64. The van der Waals surface area contributed by atoms with Gasteiger partial charge in [-0.3, -0.25) is 14.4 Å².